The number of hydrogen-bond acceptors (Lipinski definition) is 3. The second-order valence-corrected chi connectivity index (χ2v) is 3.53. The number of rotatable bonds is 3. The first-order valence-electron chi connectivity index (χ1n) is 5.05. The average molecular weight is 236 g/mol. The average Bonchev–Trinajstić information content (AvgIpc) is 2.34. The number of nitrogens with zero attached hydrogens (tertiary/aromatic N) is 1. The number of benzene rings is 1. The van der Waals surface area contributed by atoms with Gasteiger partial charge in [0.15, 0.2) is 0 Å². The van der Waals surface area contributed by atoms with E-state index in [0.29, 0.717) is 12.2 Å². The molecule has 0 bridgehead atoms. The summed E-state index contributed by atoms with van der Waals surface area (Å²) < 4.78 is 31.9. The lowest BCUT2D eigenvalue weighted by atomic mass is 10.0. The fourth-order valence-electron chi connectivity index (χ4n) is 1.61. The molecule has 0 saturated heterocycles. The lowest BCUT2D eigenvalue weighted by molar-refractivity contribution is 0.231. The van der Waals surface area contributed by atoms with Crippen LogP contribution in [0.3, 0.4) is 0 Å². The lowest BCUT2D eigenvalue weighted by Gasteiger charge is -2.13. The van der Waals surface area contributed by atoms with E-state index >= 15 is 0 Å². The Hall–Kier alpha value is -2.04. The van der Waals surface area contributed by atoms with E-state index in [9.17, 15) is 8.78 Å². The third-order valence-corrected chi connectivity index (χ3v) is 2.44. The Bertz CT molecular complexity index is 489. The molecule has 1 aliphatic heterocycles. The van der Waals surface area contributed by atoms with Crippen molar-refractivity contribution in [2.75, 3.05) is 6.61 Å². The van der Waals surface area contributed by atoms with E-state index in [1.54, 1.807) is 12.2 Å². The summed E-state index contributed by atoms with van der Waals surface area (Å²) in [5.74, 6) is -1.11. The van der Waals surface area contributed by atoms with Gasteiger partial charge < -0.3 is 4.74 Å². The topological polar surface area (TPSA) is 45.4 Å². The summed E-state index contributed by atoms with van der Waals surface area (Å²) >= 11 is 0. The standard InChI is InChI=1S/C12H10F2N2O/c13-10-4-1-5-11(14)9(10)7-8-3-2-6-17-12(8)16-15/h1-5,15H,6-7H2. The largest absolute Gasteiger partial charge is 0.472 e. The van der Waals surface area contributed by atoms with Gasteiger partial charge in [0.25, 0.3) is 0 Å². The molecule has 0 aliphatic carbocycles. The molecular weight excluding hydrogens is 226 g/mol. The zero-order valence-electron chi connectivity index (χ0n) is 8.91. The maximum atomic E-state index is 13.4. The zero-order valence-corrected chi connectivity index (χ0v) is 8.91. The number of hydrogen-bond donors (Lipinski definition) is 1. The Kier molecular flexibility index (Phi) is 3.27. The molecule has 1 N–H and O–H groups in total. The predicted molar refractivity (Wildman–Crippen MR) is 57.3 cm³/mol. The van der Waals surface area contributed by atoms with Crippen molar-refractivity contribution in [1.29, 1.82) is 5.53 Å². The van der Waals surface area contributed by atoms with Crippen molar-refractivity contribution in [3.63, 3.8) is 0 Å². The van der Waals surface area contributed by atoms with Gasteiger partial charge in [-0.2, -0.15) is 0 Å². The molecule has 2 rings (SSSR count). The molecule has 0 spiro atoms. The van der Waals surface area contributed by atoms with Crippen LogP contribution in [-0.2, 0) is 11.2 Å². The molecule has 1 aromatic carbocycles. The molecule has 0 fully saturated rings. The minimum atomic E-state index is -0.610. The van der Waals surface area contributed by atoms with E-state index in [1.807, 2.05) is 0 Å². The molecule has 0 radical (unpaired) electrons. The summed E-state index contributed by atoms with van der Waals surface area (Å²) in [6.07, 6.45) is 3.40. The van der Waals surface area contributed by atoms with Crippen molar-refractivity contribution in [1.82, 2.24) is 0 Å². The summed E-state index contributed by atoms with van der Waals surface area (Å²) in [7, 11) is 0. The van der Waals surface area contributed by atoms with Gasteiger partial charge in [-0.1, -0.05) is 12.1 Å². The van der Waals surface area contributed by atoms with Gasteiger partial charge in [-0.25, -0.2) is 14.3 Å². The van der Waals surface area contributed by atoms with E-state index in [2.05, 4.69) is 5.11 Å². The third kappa shape index (κ3) is 2.38. The maximum absolute atomic E-state index is 13.4. The Morgan fingerprint density at radius 2 is 2.00 bits per heavy atom. The molecule has 88 valence electrons. The van der Waals surface area contributed by atoms with Crippen LogP contribution in [-0.4, -0.2) is 6.61 Å². The van der Waals surface area contributed by atoms with Gasteiger partial charge in [-0.05, 0) is 18.2 Å². The van der Waals surface area contributed by atoms with E-state index in [1.165, 1.54) is 18.2 Å². The van der Waals surface area contributed by atoms with Crippen LogP contribution in [0.25, 0.3) is 0 Å². The summed E-state index contributed by atoms with van der Waals surface area (Å²) in [5, 5.41) is 3.20. The van der Waals surface area contributed by atoms with Crippen molar-refractivity contribution in [3.05, 3.63) is 59.0 Å². The summed E-state index contributed by atoms with van der Waals surface area (Å²) in [6, 6.07) is 3.71. The predicted octanol–water partition coefficient (Wildman–Crippen LogP) is 3.34. The van der Waals surface area contributed by atoms with Crippen LogP contribution in [0.15, 0.2) is 46.9 Å². The molecule has 3 nitrogen and oxygen atoms in total. The monoisotopic (exact) mass is 236 g/mol. The molecule has 0 unspecified atom stereocenters. The number of nitrogens with one attached hydrogen (secondary N) is 1. The molecule has 1 aliphatic rings. The van der Waals surface area contributed by atoms with Gasteiger partial charge in [0.2, 0.25) is 5.88 Å². The molecule has 17 heavy (non-hydrogen) atoms. The second kappa shape index (κ2) is 4.86. The fourth-order valence-corrected chi connectivity index (χ4v) is 1.61. The number of halogens is 2. The van der Waals surface area contributed by atoms with Gasteiger partial charge in [0.05, 0.1) is 0 Å². The zero-order chi connectivity index (χ0) is 12.3. The van der Waals surface area contributed by atoms with Gasteiger partial charge in [-0.15, -0.1) is 5.11 Å². The molecule has 0 aromatic heterocycles. The molecule has 5 heteroatoms. The smallest absolute Gasteiger partial charge is 0.236 e. The van der Waals surface area contributed by atoms with Crippen molar-refractivity contribution in [2.45, 2.75) is 6.42 Å². The van der Waals surface area contributed by atoms with Gasteiger partial charge in [0, 0.05) is 17.6 Å². The molecule has 0 atom stereocenters. The van der Waals surface area contributed by atoms with E-state index < -0.39 is 11.6 Å². The Morgan fingerprint density at radius 3 is 2.65 bits per heavy atom. The van der Waals surface area contributed by atoms with Crippen molar-refractivity contribution >= 4 is 0 Å². The molecular formula is C12H10F2N2O. The normalized spacial score (nSPS) is 14.7. The van der Waals surface area contributed by atoms with Crippen LogP contribution in [0.4, 0.5) is 8.78 Å². The van der Waals surface area contributed by atoms with Crippen LogP contribution in [0.5, 0.6) is 0 Å². The van der Waals surface area contributed by atoms with E-state index in [-0.39, 0.29) is 17.9 Å². The lowest BCUT2D eigenvalue weighted by Crippen LogP contribution is -2.04. The SMILES string of the molecule is N=NC1=C(Cc2c(F)cccc2F)C=CCO1. The minimum absolute atomic E-state index is 0.0206. The number of ether oxygens (including phenoxy) is 1. The Labute approximate surface area is 96.9 Å². The maximum Gasteiger partial charge on any atom is 0.236 e. The quantitative estimate of drug-likeness (QED) is 0.804. The van der Waals surface area contributed by atoms with Crippen LogP contribution in [0.2, 0.25) is 0 Å². The highest BCUT2D eigenvalue weighted by molar-refractivity contribution is 5.33. The fraction of sp³-hybridized carbons (Fsp3) is 0.167. The van der Waals surface area contributed by atoms with Crippen molar-refractivity contribution in [3.8, 4) is 0 Å². The van der Waals surface area contributed by atoms with Crippen molar-refractivity contribution < 1.29 is 13.5 Å². The third-order valence-electron chi connectivity index (χ3n) is 2.44. The Morgan fingerprint density at radius 1 is 1.29 bits per heavy atom. The highest BCUT2D eigenvalue weighted by atomic mass is 19.1. The Balaban J connectivity index is 2.35. The first-order valence-corrected chi connectivity index (χ1v) is 5.05. The van der Waals surface area contributed by atoms with Crippen LogP contribution >= 0.6 is 0 Å². The highest BCUT2D eigenvalue weighted by Crippen LogP contribution is 2.22. The van der Waals surface area contributed by atoms with E-state index in [4.69, 9.17) is 10.3 Å². The number of allylic oxidation sites excluding steroid dienone is 2. The van der Waals surface area contributed by atoms with Gasteiger partial charge in [-0.3, -0.25) is 0 Å². The molecule has 1 heterocycles. The van der Waals surface area contributed by atoms with Gasteiger partial charge >= 0.3 is 0 Å². The molecule has 1 aromatic rings. The first kappa shape index (κ1) is 11.4. The van der Waals surface area contributed by atoms with Crippen LogP contribution in [0.1, 0.15) is 5.56 Å². The summed E-state index contributed by atoms with van der Waals surface area (Å²) in [5.41, 5.74) is 7.37. The molecule has 0 amide bonds. The second-order valence-electron chi connectivity index (χ2n) is 3.53. The van der Waals surface area contributed by atoms with Crippen molar-refractivity contribution in [2.24, 2.45) is 5.11 Å². The van der Waals surface area contributed by atoms with Crippen LogP contribution in [0, 0.1) is 17.2 Å². The summed E-state index contributed by atoms with van der Waals surface area (Å²) in [6.45, 7) is 0.320. The first-order chi connectivity index (χ1) is 8.22. The van der Waals surface area contributed by atoms with Crippen LogP contribution < -0.4 is 0 Å². The highest BCUT2D eigenvalue weighted by Gasteiger charge is 2.15. The minimum Gasteiger partial charge on any atom is -0.472 e. The van der Waals surface area contributed by atoms with E-state index in [0.717, 1.165) is 0 Å². The van der Waals surface area contributed by atoms with Gasteiger partial charge in [0.1, 0.15) is 18.2 Å². The molecule has 0 saturated carbocycles. The summed E-state index contributed by atoms with van der Waals surface area (Å²) in [4.78, 5) is 0.